The summed E-state index contributed by atoms with van der Waals surface area (Å²) in [4.78, 5) is 37.6. The van der Waals surface area contributed by atoms with Crippen molar-refractivity contribution in [1.82, 2.24) is 4.57 Å². The minimum atomic E-state index is -0.531. The summed E-state index contributed by atoms with van der Waals surface area (Å²) in [6.45, 7) is 6.11. The molecule has 160 valence electrons. The van der Waals surface area contributed by atoms with E-state index in [4.69, 9.17) is 9.47 Å². The molecule has 1 fully saturated rings. The number of anilines is 2. The summed E-state index contributed by atoms with van der Waals surface area (Å²) < 4.78 is 12.6. The zero-order chi connectivity index (χ0) is 21.8. The van der Waals surface area contributed by atoms with Crippen LogP contribution in [0.25, 0.3) is 0 Å². The van der Waals surface area contributed by atoms with Crippen molar-refractivity contribution in [3.63, 3.8) is 0 Å². The predicted molar refractivity (Wildman–Crippen MR) is 114 cm³/mol. The van der Waals surface area contributed by atoms with Crippen LogP contribution in [0, 0.1) is 13.8 Å². The van der Waals surface area contributed by atoms with Gasteiger partial charge in [0.2, 0.25) is 5.91 Å². The second-order valence-corrected chi connectivity index (χ2v) is 7.44. The van der Waals surface area contributed by atoms with Gasteiger partial charge in [-0.15, -0.1) is 0 Å². The monoisotopic (exact) mass is 413 g/mol. The van der Waals surface area contributed by atoms with Gasteiger partial charge in [-0.25, -0.2) is 0 Å². The van der Waals surface area contributed by atoms with Crippen LogP contribution in [-0.4, -0.2) is 36.2 Å². The van der Waals surface area contributed by atoms with Crippen molar-refractivity contribution in [1.29, 1.82) is 0 Å². The van der Waals surface area contributed by atoms with Crippen LogP contribution in [0.4, 0.5) is 11.4 Å². The van der Waals surface area contributed by atoms with Gasteiger partial charge >= 0.3 is 0 Å². The topological polar surface area (TPSA) is 98.7 Å². The Morgan fingerprint density at radius 1 is 1.23 bits per heavy atom. The molecule has 0 saturated carbocycles. The number of aryl methyl sites for hydroxylation is 2. The molecule has 0 spiro atoms. The van der Waals surface area contributed by atoms with Crippen molar-refractivity contribution in [3.8, 4) is 5.75 Å². The minimum Gasteiger partial charge on any atom is -0.495 e. The van der Waals surface area contributed by atoms with Crippen LogP contribution in [-0.2, 0) is 16.1 Å². The summed E-state index contributed by atoms with van der Waals surface area (Å²) in [5, 5.41) is 5.42. The summed E-state index contributed by atoms with van der Waals surface area (Å²) in [6.07, 6.45) is 1.85. The van der Waals surface area contributed by atoms with Gasteiger partial charge in [-0.1, -0.05) is 0 Å². The predicted octanol–water partition coefficient (Wildman–Crippen LogP) is 2.86. The molecule has 1 atom stereocenters. The first-order chi connectivity index (χ1) is 14.3. The number of hydrogen-bond donors (Lipinski definition) is 2. The summed E-state index contributed by atoms with van der Waals surface area (Å²) in [5.41, 5.74) is 1.97. The Balaban J connectivity index is 1.93. The number of methoxy groups -OCH3 is 1. The van der Waals surface area contributed by atoms with Crippen molar-refractivity contribution in [2.75, 3.05) is 24.4 Å². The summed E-state index contributed by atoms with van der Waals surface area (Å²) in [7, 11) is 1.48. The van der Waals surface area contributed by atoms with Gasteiger partial charge in [-0.3, -0.25) is 14.4 Å². The molecule has 8 nitrogen and oxygen atoms in total. The van der Waals surface area contributed by atoms with Gasteiger partial charge in [-0.05, 0) is 56.5 Å². The van der Waals surface area contributed by atoms with Crippen molar-refractivity contribution in [3.05, 3.63) is 51.4 Å². The van der Waals surface area contributed by atoms with Crippen LogP contribution < -0.4 is 20.9 Å². The number of nitrogens with one attached hydrogen (secondary N) is 2. The molecular weight excluding hydrogens is 386 g/mol. The molecule has 30 heavy (non-hydrogen) atoms. The molecule has 1 saturated heterocycles. The third-order valence-electron chi connectivity index (χ3n) is 5.11. The Bertz CT molecular complexity index is 1020. The van der Waals surface area contributed by atoms with Gasteiger partial charge < -0.3 is 24.7 Å². The maximum atomic E-state index is 13.2. The van der Waals surface area contributed by atoms with Crippen molar-refractivity contribution < 1.29 is 19.1 Å². The second kappa shape index (κ2) is 9.13. The molecule has 8 heteroatoms. The molecule has 0 radical (unpaired) electrons. The first-order valence-corrected chi connectivity index (χ1v) is 9.89. The molecule has 2 aromatic rings. The number of benzene rings is 1. The maximum Gasteiger partial charge on any atom is 0.263 e. The van der Waals surface area contributed by atoms with Crippen LogP contribution >= 0.6 is 0 Å². The Hall–Kier alpha value is -3.13. The summed E-state index contributed by atoms with van der Waals surface area (Å²) in [5.74, 6) is -0.345. The molecule has 1 unspecified atom stereocenters. The van der Waals surface area contributed by atoms with Crippen LogP contribution in [0.15, 0.2) is 29.1 Å². The summed E-state index contributed by atoms with van der Waals surface area (Å²) >= 11 is 0. The van der Waals surface area contributed by atoms with Crippen LogP contribution in [0.3, 0.4) is 0 Å². The van der Waals surface area contributed by atoms with E-state index in [9.17, 15) is 14.4 Å². The Labute approximate surface area is 175 Å². The number of amides is 2. The lowest BCUT2D eigenvalue weighted by molar-refractivity contribution is -0.114. The fourth-order valence-electron chi connectivity index (χ4n) is 3.69. The molecule has 1 aliphatic heterocycles. The molecule has 2 amide bonds. The molecule has 2 N–H and O–H groups in total. The number of nitrogens with zero attached hydrogens (tertiary/aromatic N) is 1. The largest absolute Gasteiger partial charge is 0.495 e. The van der Waals surface area contributed by atoms with Gasteiger partial charge in [0.25, 0.3) is 11.5 Å². The van der Waals surface area contributed by atoms with Crippen molar-refractivity contribution in [2.24, 2.45) is 0 Å². The first kappa shape index (κ1) is 21.6. The third kappa shape index (κ3) is 4.71. The van der Waals surface area contributed by atoms with Crippen molar-refractivity contribution in [2.45, 2.75) is 46.3 Å². The summed E-state index contributed by atoms with van der Waals surface area (Å²) in [6, 6.07) is 6.73. The standard InChI is InChI=1S/C22H27N3O5/c1-13-10-14(2)25(12-17-6-5-9-30-17)22(28)20(13)21(27)24-18-11-16(23-15(3)26)7-8-19(18)29-4/h7-8,10-11,17H,5-6,9,12H2,1-4H3,(H,23,26)(H,24,27). The third-order valence-corrected chi connectivity index (χ3v) is 5.11. The van der Waals surface area contributed by atoms with E-state index in [1.54, 1.807) is 29.7 Å². The lowest BCUT2D eigenvalue weighted by atomic mass is 10.1. The Morgan fingerprint density at radius 3 is 2.63 bits per heavy atom. The number of ether oxygens (including phenoxy) is 2. The second-order valence-electron chi connectivity index (χ2n) is 7.44. The highest BCUT2D eigenvalue weighted by atomic mass is 16.5. The molecule has 3 rings (SSSR count). The quantitative estimate of drug-likeness (QED) is 0.759. The smallest absolute Gasteiger partial charge is 0.263 e. The van der Waals surface area contributed by atoms with E-state index < -0.39 is 5.91 Å². The van der Waals surface area contributed by atoms with Gasteiger partial charge in [0, 0.05) is 24.9 Å². The Morgan fingerprint density at radius 2 is 2.00 bits per heavy atom. The van der Waals surface area contributed by atoms with Crippen LogP contribution in [0.2, 0.25) is 0 Å². The van der Waals surface area contributed by atoms with Gasteiger partial charge in [0.15, 0.2) is 0 Å². The van der Waals surface area contributed by atoms with E-state index in [2.05, 4.69) is 10.6 Å². The molecule has 0 bridgehead atoms. The number of pyridine rings is 1. The first-order valence-electron chi connectivity index (χ1n) is 9.89. The van der Waals surface area contributed by atoms with E-state index in [0.717, 1.165) is 18.5 Å². The zero-order valence-electron chi connectivity index (χ0n) is 17.7. The molecular formula is C22H27N3O5. The normalized spacial score (nSPS) is 15.7. The van der Waals surface area contributed by atoms with Gasteiger partial charge in [-0.2, -0.15) is 0 Å². The highest BCUT2D eigenvalue weighted by molar-refractivity contribution is 6.06. The highest BCUT2D eigenvalue weighted by Crippen LogP contribution is 2.28. The lowest BCUT2D eigenvalue weighted by Gasteiger charge is -2.18. The van der Waals surface area contributed by atoms with E-state index in [-0.39, 0.29) is 23.1 Å². The number of carbonyl (C=O) groups is 2. The Kier molecular flexibility index (Phi) is 6.56. The van der Waals surface area contributed by atoms with Crippen LogP contribution in [0.5, 0.6) is 5.75 Å². The minimum absolute atomic E-state index is 0.0190. The lowest BCUT2D eigenvalue weighted by Crippen LogP contribution is -2.34. The fraction of sp³-hybridized carbons (Fsp3) is 0.409. The van der Waals surface area contributed by atoms with E-state index in [1.165, 1.54) is 14.0 Å². The van der Waals surface area contributed by atoms with E-state index in [0.29, 0.717) is 35.8 Å². The molecule has 0 aliphatic carbocycles. The van der Waals surface area contributed by atoms with Gasteiger partial charge in [0.1, 0.15) is 11.3 Å². The van der Waals surface area contributed by atoms with Crippen LogP contribution in [0.1, 0.15) is 41.4 Å². The van der Waals surface area contributed by atoms with E-state index in [1.807, 2.05) is 13.0 Å². The van der Waals surface area contributed by atoms with Gasteiger partial charge in [0.05, 0.1) is 25.4 Å². The van der Waals surface area contributed by atoms with E-state index >= 15 is 0 Å². The SMILES string of the molecule is COc1ccc(NC(C)=O)cc1NC(=O)c1c(C)cc(C)n(CC2CCCO2)c1=O. The highest BCUT2D eigenvalue weighted by Gasteiger charge is 2.22. The number of rotatable bonds is 6. The fourth-order valence-corrected chi connectivity index (χ4v) is 3.69. The molecule has 1 aromatic carbocycles. The number of aromatic nitrogens is 1. The van der Waals surface area contributed by atoms with Crippen molar-refractivity contribution >= 4 is 23.2 Å². The zero-order valence-corrected chi connectivity index (χ0v) is 17.7. The average molecular weight is 413 g/mol. The number of carbonyl (C=O) groups excluding carboxylic acids is 2. The molecule has 2 heterocycles. The number of hydrogen-bond acceptors (Lipinski definition) is 5. The molecule has 1 aromatic heterocycles. The maximum absolute atomic E-state index is 13.2. The molecule has 1 aliphatic rings. The average Bonchev–Trinajstić information content (AvgIpc) is 3.18.